The van der Waals surface area contributed by atoms with Crippen molar-refractivity contribution in [3.05, 3.63) is 0 Å². The predicted octanol–water partition coefficient (Wildman–Crippen LogP) is 1.75. The Labute approximate surface area is 99.6 Å². The molecular weight excluding hydrogens is 204 g/mol. The highest BCUT2D eigenvalue weighted by Gasteiger charge is 2.04. The molecule has 0 saturated carbocycles. The molecule has 4 heteroatoms. The number of amides is 2. The van der Waals surface area contributed by atoms with Crippen LogP contribution in [0.15, 0.2) is 0 Å². The molecular formula is C12H26N2O2. The molecule has 0 radical (unpaired) electrons. The van der Waals surface area contributed by atoms with Crippen molar-refractivity contribution in [2.24, 2.45) is 0 Å². The van der Waals surface area contributed by atoms with Gasteiger partial charge in [-0.15, -0.1) is 0 Å². The molecule has 0 aromatic heterocycles. The number of hydrogen-bond acceptors (Lipinski definition) is 2. The van der Waals surface area contributed by atoms with Crippen LogP contribution in [0.25, 0.3) is 0 Å². The summed E-state index contributed by atoms with van der Waals surface area (Å²) in [6, 6.07) is 0. The molecule has 4 nitrogen and oxygen atoms in total. The van der Waals surface area contributed by atoms with E-state index < -0.39 is 0 Å². The van der Waals surface area contributed by atoms with E-state index in [0.717, 1.165) is 13.1 Å². The van der Waals surface area contributed by atoms with Crippen molar-refractivity contribution in [1.82, 2.24) is 9.80 Å². The zero-order valence-corrected chi connectivity index (χ0v) is 11.5. The van der Waals surface area contributed by atoms with Crippen molar-refractivity contribution < 1.29 is 9.59 Å². The molecule has 0 aromatic rings. The second-order valence-corrected chi connectivity index (χ2v) is 3.56. The van der Waals surface area contributed by atoms with Crippen molar-refractivity contribution in [2.45, 2.75) is 40.5 Å². The van der Waals surface area contributed by atoms with Crippen molar-refractivity contribution >= 4 is 11.8 Å². The maximum atomic E-state index is 10.9. The quantitative estimate of drug-likeness (QED) is 0.738. The van der Waals surface area contributed by atoms with E-state index in [1.807, 2.05) is 32.6 Å². The minimum Gasteiger partial charge on any atom is -0.349 e. The predicted molar refractivity (Wildman–Crippen MR) is 67.2 cm³/mol. The summed E-state index contributed by atoms with van der Waals surface area (Å²) < 4.78 is 0. The first-order valence-corrected chi connectivity index (χ1v) is 5.92. The molecule has 0 atom stereocenters. The fourth-order valence-electron chi connectivity index (χ4n) is 1.12. The molecule has 0 N–H and O–H groups in total. The molecule has 0 fully saturated rings. The van der Waals surface area contributed by atoms with Gasteiger partial charge in [0.15, 0.2) is 0 Å². The molecule has 0 unspecified atom stereocenters. The largest absolute Gasteiger partial charge is 0.349 e. The molecule has 0 aliphatic heterocycles. The summed E-state index contributed by atoms with van der Waals surface area (Å²) in [6.45, 7) is 9.41. The summed E-state index contributed by atoms with van der Waals surface area (Å²) in [7, 11) is 3.51. The third kappa shape index (κ3) is 8.26. The minimum absolute atomic E-state index is 0.181. The van der Waals surface area contributed by atoms with Crippen LogP contribution in [0.3, 0.4) is 0 Å². The first-order chi connectivity index (χ1) is 7.44. The van der Waals surface area contributed by atoms with Gasteiger partial charge in [-0.25, -0.2) is 0 Å². The van der Waals surface area contributed by atoms with Gasteiger partial charge in [-0.2, -0.15) is 0 Å². The van der Waals surface area contributed by atoms with E-state index in [4.69, 9.17) is 0 Å². The van der Waals surface area contributed by atoms with E-state index in [1.54, 1.807) is 19.0 Å². The number of nitrogens with zero attached hydrogens (tertiary/aromatic N) is 2. The van der Waals surface area contributed by atoms with E-state index >= 15 is 0 Å². The first-order valence-electron chi connectivity index (χ1n) is 5.92. The SMILES string of the molecule is CCC(=O)N(C)C.CCC(=O)N(CC)CC. The van der Waals surface area contributed by atoms with Gasteiger partial charge in [0.1, 0.15) is 0 Å². The van der Waals surface area contributed by atoms with Gasteiger partial charge in [-0.05, 0) is 13.8 Å². The third-order valence-electron chi connectivity index (χ3n) is 2.22. The van der Waals surface area contributed by atoms with Gasteiger partial charge in [0, 0.05) is 40.0 Å². The smallest absolute Gasteiger partial charge is 0.222 e. The molecule has 2 amide bonds. The average Bonchev–Trinajstić information content (AvgIpc) is 2.29. The van der Waals surface area contributed by atoms with Gasteiger partial charge in [0.2, 0.25) is 11.8 Å². The zero-order valence-electron chi connectivity index (χ0n) is 11.5. The maximum absolute atomic E-state index is 10.9. The van der Waals surface area contributed by atoms with Crippen molar-refractivity contribution in [3.63, 3.8) is 0 Å². The van der Waals surface area contributed by atoms with Crippen LogP contribution in [0.1, 0.15) is 40.5 Å². The minimum atomic E-state index is 0.181. The molecule has 0 rings (SSSR count). The lowest BCUT2D eigenvalue weighted by atomic mass is 10.4. The maximum Gasteiger partial charge on any atom is 0.222 e. The van der Waals surface area contributed by atoms with E-state index in [-0.39, 0.29) is 11.8 Å². The number of rotatable bonds is 4. The molecule has 0 saturated heterocycles. The highest BCUT2D eigenvalue weighted by molar-refractivity contribution is 5.75. The summed E-state index contributed by atoms with van der Waals surface area (Å²) in [5.41, 5.74) is 0. The summed E-state index contributed by atoms with van der Waals surface area (Å²) >= 11 is 0. The van der Waals surface area contributed by atoms with Gasteiger partial charge < -0.3 is 9.80 Å². The van der Waals surface area contributed by atoms with Gasteiger partial charge in [-0.1, -0.05) is 13.8 Å². The van der Waals surface area contributed by atoms with Crippen LogP contribution in [0, 0.1) is 0 Å². The lowest BCUT2D eigenvalue weighted by molar-refractivity contribution is -0.130. The lowest BCUT2D eigenvalue weighted by Crippen LogP contribution is -2.29. The highest BCUT2D eigenvalue weighted by atomic mass is 16.2. The molecule has 0 aliphatic rings. The monoisotopic (exact) mass is 230 g/mol. The zero-order chi connectivity index (χ0) is 13.1. The van der Waals surface area contributed by atoms with Crippen LogP contribution in [0.2, 0.25) is 0 Å². The molecule has 16 heavy (non-hydrogen) atoms. The second kappa shape index (κ2) is 10.5. The summed E-state index contributed by atoms with van der Waals surface area (Å²) in [5, 5.41) is 0. The Morgan fingerprint density at radius 1 is 0.812 bits per heavy atom. The highest BCUT2D eigenvalue weighted by Crippen LogP contribution is 1.91. The Morgan fingerprint density at radius 3 is 1.25 bits per heavy atom. The Kier molecular flexibility index (Phi) is 11.3. The Balaban J connectivity index is 0. The van der Waals surface area contributed by atoms with Gasteiger partial charge in [0.05, 0.1) is 0 Å². The molecule has 0 heterocycles. The first kappa shape index (κ1) is 17.3. The van der Waals surface area contributed by atoms with E-state index in [0.29, 0.717) is 12.8 Å². The molecule has 96 valence electrons. The van der Waals surface area contributed by atoms with Crippen LogP contribution >= 0.6 is 0 Å². The second-order valence-electron chi connectivity index (χ2n) is 3.56. The molecule has 0 aromatic carbocycles. The molecule has 0 aliphatic carbocycles. The van der Waals surface area contributed by atoms with Crippen LogP contribution < -0.4 is 0 Å². The standard InChI is InChI=1S/C7H15NO.C5H11NO/c1-4-7(9)8(5-2)6-3;1-4-5(7)6(2)3/h4-6H2,1-3H3;4H2,1-3H3. The number of carbonyl (C=O) groups is 2. The normalized spacial score (nSPS) is 8.88. The van der Waals surface area contributed by atoms with E-state index in [2.05, 4.69) is 0 Å². The topological polar surface area (TPSA) is 40.6 Å². The summed E-state index contributed by atoms with van der Waals surface area (Å²) in [5.74, 6) is 0.431. The van der Waals surface area contributed by atoms with Gasteiger partial charge in [-0.3, -0.25) is 9.59 Å². The summed E-state index contributed by atoms with van der Waals surface area (Å²) in [6.07, 6.45) is 1.23. The lowest BCUT2D eigenvalue weighted by Gasteiger charge is -2.16. The fourth-order valence-corrected chi connectivity index (χ4v) is 1.12. The average molecular weight is 230 g/mol. The fraction of sp³-hybridized carbons (Fsp3) is 0.833. The van der Waals surface area contributed by atoms with Gasteiger partial charge >= 0.3 is 0 Å². The van der Waals surface area contributed by atoms with Gasteiger partial charge in [0.25, 0.3) is 0 Å². The van der Waals surface area contributed by atoms with Crippen LogP contribution in [0.4, 0.5) is 0 Å². The Morgan fingerprint density at radius 2 is 1.19 bits per heavy atom. The molecule has 0 spiro atoms. The van der Waals surface area contributed by atoms with Crippen molar-refractivity contribution in [3.8, 4) is 0 Å². The third-order valence-corrected chi connectivity index (χ3v) is 2.22. The Hall–Kier alpha value is -1.06. The van der Waals surface area contributed by atoms with Crippen LogP contribution in [-0.4, -0.2) is 48.8 Å². The van der Waals surface area contributed by atoms with Crippen molar-refractivity contribution in [2.75, 3.05) is 27.2 Å². The Bertz CT molecular complexity index is 199. The number of hydrogen-bond donors (Lipinski definition) is 0. The van der Waals surface area contributed by atoms with Crippen LogP contribution in [0.5, 0.6) is 0 Å². The number of carbonyl (C=O) groups excluding carboxylic acids is 2. The summed E-state index contributed by atoms with van der Waals surface area (Å²) in [4.78, 5) is 24.8. The van der Waals surface area contributed by atoms with Crippen molar-refractivity contribution in [1.29, 1.82) is 0 Å². The van der Waals surface area contributed by atoms with E-state index in [9.17, 15) is 9.59 Å². The molecule has 0 bridgehead atoms. The van der Waals surface area contributed by atoms with Crippen LogP contribution in [-0.2, 0) is 9.59 Å². The van der Waals surface area contributed by atoms with E-state index in [1.165, 1.54) is 0 Å².